The maximum Gasteiger partial charge on any atom is 0.337 e. The van der Waals surface area contributed by atoms with E-state index in [4.69, 9.17) is 4.74 Å². The Bertz CT molecular complexity index is 1230. The number of esters is 1. The highest BCUT2D eigenvalue weighted by Gasteiger charge is 2.38. The molecule has 1 heterocycles. The molecule has 0 atom stereocenters. The van der Waals surface area contributed by atoms with Crippen LogP contribution in [0.1, 0.15) is 37.4 Å². The van der Waals surface area contributed by atoms with E-state index in [1.54, 1.807) is 37.3 Å². The predicted molar refractivity (Wildman–Crippen MR) is 119 cm³/mol. The number of nitrogens with zero attached hydrogens (tertiary/aromatic N) is 1. The number of carbonyl (C=O) groups excluding carboxylic acids is 4. The normalized spacial score (nSPS) is 15.1. The van der Waals surface area contributed by atoms with Crippen molar-refractivity contribution in [2.75, 3.05) is 32.1 Å². The third-order valence-corrected chi connectivity index (χ3v) is 6.18. The van der Waals surface area contributed by atoms with Crippen LogP contribution in [0.15, 0.2) is 46.1 Å². The second-order valence-electron chi connectivity index (χ2n) is 7.42. The predicted octanol–water partition coefficient (Wildman–Crippen LogP) is 2.21. The van der Waals surface area contributed by atoms with Gasteiger partial charge in [0.05, 0.1) is 42.6 Å². The van der Waals surface area contributed by atoms with E-state index in [-0.39, 0.29) is 64.9 Å². The molecule has 164 valence electrons. The molecule has 4 rings (SSSR count). The zero-order valence-corrected chi connectivity index (χ0v) is 18.9. The number of ketones is 2. The summed E-state index contributed by atoms with van der Waals surface area (Å²) in [6.07, 6.45) is 0. The largest absolute Gasteiger partial charge is 0.466 e. The molecule has 2 aromatic carbocycles. The molecule has 2 aromatic rings. The van der Waals surface area contributed by atoms with E-state index in [0.29, 0.717) is 15.6 Å². The quantitative estimate of drug-likeness (QED) is 0.518. The summed E-state index contributed by atoms with van der Waals surface area (Å²) >= 11 is 3.40. The molecule has 1 aliphatic carbocycles. The topological polar surface area (TPSA) is 113 Å². The van der Waals surface area contributed by atoms with Crippen molar-refractivity contribution < 1.29 is 29.0 Å². The summed E-state index contributed by atoms with van der Waals surface area (Å²) in [6, 6.07) is 8.24. The minimum absolute atomic E-state index is 0.0345. The number of nitrogens with one attached hydrogen (secondary N) is 1. The summed E-state index contributed by atoms with van der Waals surface area (Å²) in [5.74, 6) is -1.88. The van der Waals surface area contributed by atoms with Crippen LogP contribution >= 0.6 is 15.9 Å². The first-order valence-corrected chi connectivity index (χ1v) is 10.6. The molecule has 9 heteroatoms. The standard InChI is InChI=1S/C23H19BrN2O6/c1-11-9-15(24)16-17(21(29)13-6-4-3-5-12(13)20(16)28)18(11)25-19-14(23(31)32-2)10-26(7-8-27)22(19)30/h3-6,9,25,27H,7-8,10H2,1-2H3. The van der Waals surface area contributed by atoms with Gasteiger partial charge in [-0.2, -0.15) is 0 Å². The number of anilines is 1. The fourth-order valence-electron chi connectivity index (χ4n) is 4.01. The Kier molecular flexibility index (Phi) is 5.70. The molecule has 32 heavy (non-hydrogen) atoms. The molecular weight excluding hydrogens is 480 g/mol. The number of hydrogen-bond acceptors (Lipinski definition) is 7. The Balaban J connectivity index is 1.89. The Morgan fingerprint density at radius 2 is 1.78 bits per heavy atom. The average molecular weight is 499 g/mol. The molecule has 0 spiro atoms. The molecule has 0 radical (unpaired) electrons. The third-order valence-electron chi connectivity index (χ3n) is 5.55. The molecule has 0 unspecified atom stereocenters. The first-order chi connectivity index (χ1) is 15.3. The van der Waals surface area contributed by atoms with Crippen molar-refractivity contribution in [1.29, 1.82) is 0 Å². The number of ether oxygens (including phenoxy) is 1. The number of aryl methyl sites for hydroxylation is 1. The monoisotopic (exact) mass is 498 g/mol. The highest BCUT2D eigenvalue weighted by molar-refractivity contribution is 9.10. The van der Waals surface area contributed by atoms with E-state index in [1.165, 1.54) is 12.0 Å². The molecule has 0 saturated heterocycles. The van der Waals surface area contributed by atoms with Crippen molar-refractivity contribution in [3.8, 4) is 0 Å². The van der Waals surface area contributed by atoms with Crippen LogP contribution in [-0.2, 0) is 14.3 Å². The fourth-order valence-corrected chi connectivity index (χ4v) is 4.73. The number of hydrogen-bond donors (Lipinski definition) is 2. The molecular formula is C23H19BrN2O6. The van der Waals surface area contributed by atoms with Gasteiger partial charge in [-0.25, -0.2) is 4.79 Å². The number of β-amino-alcohol motifs (C(OH)–C–C–N with tert-alkyl or cyclic N) is 1. The van der Waals surface area contributed by atoms with Crippen molar-refractivity contribution in [3.63, 3.8) is 0 Å². The number of amides is 1. The van der Waals surface area contributed by atoms with E-state index in [2.05, 4.69) is 21.2 Å². The summed E-state index contributed by atoms with van der Waals surface area (Å²) in [6.45, 7) is 1.45. The first kappa shape index (κ1) is 21.9. The van der Waals surface area contributed by atoms with Crippen molar-refractivity contribution in [2.45, 2.75) is 6.92 Å². The second-order valence-corrected chi connectivity index (χ2v) is 8.28. The van der Waals surface area contributed by atoms with Crippen LogP contribution in [-0.4, -0.2) is 60.3 Å². The lowest BCUT2D eigenvalue weighted by Crippen LogP contribution is -2.32. The van der Waals surface area contributed by atoms with Gasteiger partial charge in [0, 0.05) is 22.1 Å². The van der Waals surface area contributed by atoms with Crippen molar-refractivity contribution in [2.24, 2.45) is 0 Å². The van der Waals surface area contributed by atoms with Gasteiger partial charge in [-0.1, -0.05) is 24.3 Å². The third kappa shape index (κ3) is 3.34. The van der Waals surface area contributed by atoms with Gasteiger partial charge < -0.3 is 20.1 Å². The maximum absolute atomic E-state index is 13.4. The van der Waals surface area contributed by atoms with Crippen LogP contribution in [0.5, 0.6) is 0 Å². The molecule has 1 amide bonds. The van der Waals surface area contributed by atoms with Gasteiger partial charge in [-0.3, -0.25) is 14.4 Å². The van der Waals surface area contributed by atoms with Gasteiger partial charge in [0.25, 0.3) is 5.91 Å². The second kappa shape index (κ2) is 8.33. The van der Waals surface area contributed by atoms with E-state index in [0.717, 1.165) is 0 Å². The Labute approximate surface area is 192 Å². The summed E-state index contributed by atoms with van der Waals surface area (Å²) < 4.78 is 5.28. The van der Waals surface area contributed by atoms with Crippen LogP contribution < -0.4 is 5.32 Å². The zero-order valence-electron chi connectivity index (χ0n) is 17.3. The number of halogens is 1. The molecule has 0 bridgehead atoms. The molecule has 8 nitrogen and oxygen atoms in total. The molecule has 2 N–H and O–H groups in total. The lowest BCUT2D eigenvalue weighted by Gasteiger charge is -2.24. The van der Waals surface area contributed by atoms with Crippen molar-refractivity contribution >= 4 is 45.1 Å². The number of benzene rings is 2. The SMILES string of the molecule is COC(=O)C1=C(Nc2c(C)cc(Br)c3c2C(=O)c2ccccc2C3=O)C(=O)N(CCO)C1. The molecule has 1 aliphatic heterocycles. The van der Waals surface area contributed by atoms with Crippen LogP contribution in [0.25, 0.3) is 0 Å². The molecule has 2 aliphatic rings. The summed E-state index contributed by atoms with van der Waals surface area (Å²) in [5, 5.41) is 12.2. The minimum Gasteiger partial charge on any atom is -0.466 e. The van der Waals surface area contributed by atoms with Crippen molar-refractivity contribution in [1.82, 2.24) is 4.90 Å². The fraction of sp³-hybridized carbons (Fsp3) is 0.217. The van der Waals surface area contributed by atoms with E-state index in [9.17, 15) is 24.3 Å². The first-order valence-electron chi connectivity index (χ1n) is 9.80. The van der Waals surface area contributed by atoms with E-state index < -0.39 is 11.9 Å². The lowest BCUT2D eigenvalue weighted by atomic mass is 9.82. The lowest BCUT2D eigenvalue weighted by molar-refractivity contribution is -0.136. The smallest absolute Gasteiger partial charge is 0.337 e. The summed E-state index contributed by atoms with van der Waals surface area (Å²) in [5.41, 5.74) is 1.81. The number of aliphatic hydroxyl groups excluding tert-OH is 1. The van der Waals surface area contributed by atoms with Gasteiger partial charge in [0.2, 0.25) is 0 Å². The summed E-state index contributed by atoms with van der Waals surface area (Å²) in [7, 11) is 1.21. The van der Waals surface area contributed by atoms with Crippen LogP contribution in [0, 0.1) is 6.92 Å². The van der Waals surface area contributed by atoms with E-state index in [1.807, 2.05) is 0 Å². The number of methoxy groups -OCH3 is 1. The summed E-state index contributed by atoms with van der Waals surface area (Å²) in [4.78, 5) is 53.2. The zero-order chi connectivity index (χ0) is 23.2. The van der Waals surface area contributed by atoms with Gasteiger partial charge >= 0.3 is 5.97 Å². The number of carbonyl (C=O) groups is 4. The van der Waals surface area contributed by atoms with Crippen LogP contribution in [0.3, 0.4) is 0 Å². The van der Waals surface area contributed by atoms with E-state index >= 15 is 0 Å². The average Bonchev–Trinajstić information content (AvgIpc) is 3.08. The number of rotatable bonds is 5. The van der Waals surface area contributed by atoms with Gasteiger partial charge in [-0.15, -0.1) is 0 Å². The molecule has 0 fully saturated rings. The Morgan fingerprint density at radius 1 is 1.16 bits per heavy atom. The number of aliphatic hydroxyl groups is 1. The van der Waals surface area contributed by atoms with Crippen LogP contribution in [0.4, 0.5) is 5.69 Å². The highest BCUT2D eigenvalue weighted by atomic mass is 79.9. The van der Waals surface area contributed by atoms with Gasteiger partial charge in [0.15, 0.2) is 11.6 Å². The number of fused-ring (bicyclic) bond motifs is 2. The maximum atomic E-state index is 13.4. The Hall–Kier alpha value is -3.30. The highest BCUT2D eigenvalue weighted by Crippen LogP contribution is 2.39. The van der Waals surface area contributed by atoms with Gasteiger partial charge in [0.1, 0.15) is 5.70 Å². The van der Waals surface area contributed by atoms with Crippen LogP contribution in [0.2, 0.25) is 0 Å². The van der Waals surface area contributed by atoms with Gasteiger partial charge in [-0.05, 0) is 34.5 Å². The minimum atomic E-state index is -0.697. The Morgan fingerprint density at radius 3 is 2.38 bits per heavy atom. The molecule has 0 aromatic heterocycles. The molecule has 0 saturated carbocycles. The van der Waals surface area contributed by atoms with Crippen molar-refractivity contribution in [3.05, 3.63) is 73.9 Å².